The minimum atomic E-state index is -0.620. The average molecular weight is 575 g/mol. The predicted octanol–water partition coefficient (Wildman–Crippen LogP) is 5.68. The van der Waals surface area contributed by atoms with Crippen molar-refractivity contribution in [2.75, 3.05) is 44.2 Å². The van der Waals surface area contributed by atoms with Crippen LogP contribution in [0.15, 0.2) is 30.3 Å². The number of hydrogen-bond acceptors (Lipinski definition) is 4. The molecule has 0 bridgehead atoms. The van der Waals surface area contributed by atoms with E-state index < -0.39 is 17.6 Å². The van der Waals surface area contributed by atoms with E-state index in [1.54, 1.807) is 0 Å². The number of nitrogens with zero attached hydrogens (tertiary/aromatic N) is 3. The third-order valence-corrected chi connectivity index (χ3v) is 8.76. The quantitative estimate of drug-likeness (QED) is 0.482. The van der Waals surface area contributed by atoms with E-state index in [1.165, 1.54) is 19.1 Å². The fraction of sp³-hybridized carbons (Fsp3) is 0.548. The number of carbonyl (C=O) groups is 2. The second kappa shape index (κ2) is 12.0. The van der Waals surface area contributed by atoms with Crippen molar-refractivity contribution < 1.29 is 18.4 Å². The Morgan fingerprint density at radius 3 is 2.33 bits per heavy atom. The van der Waals surface area contributed by atoms with E-state index in [9.17, 15) is 18.4 Å². The van der Waals surface area contributed by atoms with Crippen molar-refractivity contribution in [1.29, 1.82) is 0 Å². The first kappa shape index (κ1) is 30.3. The van der Waals surface area contributed by atoms with Crippen molar-refractivity contribution in [2.45, 2.75) is 65.5 Å². The maximum Gasteiger partial charge on any atom is 0.227 e. The number of amides is 2. The highest BCUT2D eigenvalue weighted by molar-refractivity contribution is 6.31. The second-order valence-electron chi connectivity index (χ2n) is 12.1. The first-order chi connectivity index (χ1) is 18.8. The number of halogens is 3. The highest BCUT2D eigenvalue weighted by Gasteiger charge is 2.44. The van der Waals surface area contributed by atoms with Crippen LogP contribution in [0.1, 0.15) is 69.7 Å². The van der Waals surface area contributed by atoms with Crippen molar-refractivity contribution in [3.63, 3.8) is 0 Å². The molecule has 4 rings (SSSR count). The van der Waals surface area contributed by atoms with Gasteiger partial charge in [0.05, 0.1) is 12.0 Å². The summed E-state index contributed by atoms with van der Waals surface area (Å²) >= 11 is 6.53. The molecule has 2 aliphatic rings. The molecule has 3 atom stereocenters. The molecule has 2 unspecified atom stereocenters. The second-order valence-corrected chi connectivity index (χ2v) is 12.5. The van der Waals surface area contributed by atoms with Crippen LogP contribution in [0.5, 0.6) is 0 Å². The molecule has 2 fully saturated rings. The minimum Gasteiger partial charge on any atom is -0.368 e. The zero-order chi connectivity index (χ0) is 29.4. The fourth-order valence-corrected chi connectivity index (χ4v) is 6.17. The number of aryl methyl sites for hydroxylation is 1. The van der Waals surface area contributed by atoms with Crippen molar-refractivity contribution in [1.82, 2.24) is 15.1 Å². The average Bonchev–Trinajstić information content (AvgIpc) is 3.34. The summed E-state index contributed by atoms with van der Waals surface area (Å²) in [4.78, 5) is 32.1. The number of likely N-dealkylation sites (tertiary alicyclic amines) is 1. The van der Waals surface area contributed by atoms with E-state index in [2.05, 4.69) is 35.9 Å². The van der Waals surface area contributed by atoms with Gasteiger partial charge in [-0.1, -0.05) is 30.7 Å². The Morgan fingerprint density at radius 1 is 1.07 bits per heavy atom. The first-order valence-corrected chi connectivity index (χ1v) is 14.5. The van der Waals surface area contributed by atoms with E-state index in [0.29, 0.717) is 49.9 Å². The van der Waals surface area contributed by atoms with Crippen LogP contribution < -0.4 is 10.2 Å². The number of hydrogen-bond donors (Lipinski definition) is 1. The maximum atomic E-state index is 14.9. The van der Waals surface area contributed by atoms with Crippen LogP contribution in [0, 0.1) is 24.5 Å². The van der Waals surface area contributed by atoms with Crippen molar-refractivity contribution in [2.24, 2.45) is 5.92 Å². The molecule has 0 saturated carbocycles. The lowest BCUT2D eigenvalue weighted by Gasteiger charge is -2.39. The zero-order valence-corrected chi connectivity index (χ0v) is 25.1. The van der Waals surface area contributed by atoms with Gasteiger partial charge < -0.3 is 15.1 Å². The molecule has 2 saturated heterocycles. The normalized spacial score (nSPS) is 21.0. The smallest absolute Gasteiger partial charge is 0.227 e. The molecule has 2 aromatic carbocycles. The lowest BCUT2D eigenvalue weighted by Crippen LogP contribution is -2.51. The monoisotopic (exact) mass is 574 g/mol. The zero-order valence-electron chi connectivity index (χ0n) is 24.4. The van der Waals surface area contributed by atoms with Crippen molar-refractivity contribution >= 4 is 29.1 Å². The summed E-state index contributed by atoms with van der Waals surface area (Å²) in [5.41, 5.74) is 3.14. The van der Waals surface area contributed by atoms with Crippen molar-refractivity contribution in [3.05, 3.63) is 63.7 Å². The van der Waals surface area contributed by atoms with Gasteiger partial charge in [0.1, 0.15) is 11.6 Å². The summed E-state index contributed by atoms with van der Waals surface area (Å²) in [5.74, 6) is -2.07. The van der Waals surface area contributed by atoms with Gasteiger partial charge in [-0.25, -0.2) is 8.78 Å². The third-order valence-electron chi connectivity index (χ3n) is 8.35. The highest BCUT2D eigenvalue weighted by atomic mass is 35.5. The van der Waals surface area contributed by atoms with Gasteiger partial charge in [-0.3, -0.25) is 14.5 Å². The van der Waals surface area contributed by atoms with E-state index in [4.69, 9.17) is 11.6 Å². The molecule has 2 amide bonds. The van der Waals surface area contributed by atoms with Crippen LogP contribution in [-0.4, -0.2) is 66.4 Å². The Balaban J connectivity index is 1.55. The molecule has 0 aromatic heterocycles. The lowest BCUT2D eigenvalue weighted by atomic mass is 9.87. The first-order valence-electron chi connectivity index (χ1n) is 14.1. The van der Waals surface area contributed by atoms with Crippen LogP contribution in [0.25, 0.3) is 0 Å². The van der Waals surface area contributed by atoms with E-state index >= 15 is 0 Å². The molecule has 6 nitrogen and oxygen atoms in total. The number of piperazine rings is 1. The van der Waals surface area contributed by atoms with Gasteiger partial charge >= 0.3 is 0 Å². The van der Waals surface area contributed by atoms with Crippen LogP contribution in [0.3, 0.4) is 0 Å². The lowest BCUT2D eigenvalue weighted by molar-refractivity contribution is -0.136. The van der Waals surface area contributed by atoms with Gasteiger partial charge in [-0.05, 0) is 62.9 Å². The van der Waals surface area contributed by atoms with Gasteiger partial charge in [-0.2, -0.15) is 0 Å². The Bertz CT molecular complexity index is 1260. The third kappa shape index (κ3) is 6.44. The summed E-state index contributed by atoms with van der Waals surface area (Å²) in [5, 5.41) is 3.71. The standard InChI is InChI=1S/C31H41ClF2N4O2/c1-7-28(35-20(3)39)23-14-19(2)26(32)16-29(23)36-10-12-37(13-11-36)30(40)25-18-38(31(4,5)6)17-24(25)22-9-8-21(33)15-27(22)34/h8-9,14-16,24-25,28H,7,10-13,17-18H2,1-6H3,(H,35,39)/t24-,25?,28?/m0/s1. The number of carbonyl (C=O) groups excluding carboxylic acids is 2. The summed E-state index contributed by atoms with van der Waals surface area (Å²) < 4.78 is 28.6. The highest BCUT2D eigenvalue weighted by Crippen LogP contribution is 2.39. The van der Waals surface area contributed by atoms with Crippen LogP contribution in [0.2, 0.25) is 5.02 Å². The molecule has 9 heteroatoms. The summed E-state index contributed by atoms with van der Waals surface area (Å²) in [6, 6.07) is 7.52. The molecular formula is C31H41ClF2N4O2. The van der Waals surface area contributed by atoms with Crippen LogP contribution in [0.4, 0.5) is 14.5 Å². The summed E-state index contributed by atoms with van der Waals surface area (Å²) in [6.45, 7) is 15.1. The van der Waals surface area contributed by atoms with Gasteiger partial charge in [0, 0.05) is 74.4 Å². The Hall–Kier alpha value is -2.71. The SMILES string of the molecule is CCC(NC(C)=O)c1cc(C)c(Cl)cc1N1CCN(C(=O)C2CN(C(C)(C)C)C[C@H]2c2ccc(F)cc2F)CC1. The maximum absolute atomic E-state index is 14.9. The van der Waals surface area contributed by atoms with Gasteiger partial charge in [0.2, 0.25) is 11.8 Å². The van der Waals surface area contributed by atoms with Crippen LogP contribution in [-0.2, 0) is 9.59 Å². The van der Waals surface area contributed by atoms with Crippen LogP contribution >= 0.6 is 11.6 Å². The molecule has 218 valence electrons. The molecular weight excluding hydrogens is 534 g/mol. The molecule has 0 radical (unpaired) electrons. The molecule has 1 N–H and O–H groups in total. The molecule has 0 aliphatic carbocycles. The molecule has 40 heavy (non-hydrogen) atoms. The minimum absolute atomic E-state index is 0.00645. The molecule has 0 spiro atoms. The predicted molar refractivity (Wildman–Crippen MR) is 156 cm³/mol. The van der Waals surface area contributed by atoms with Gasteiger partial charge in [0.25, 0.3) is 0 Å². The topological polar surface area (TPSA) is 55.9 Å². The molecule has 2 heterocycles. The van der Waals surface area contributed by atoms with E-state index in [1.807, 2.05) is 30.9 Å². The van der Waals surface area contributed by atoms with E-state index in [0.717, 1.165) is 29.3 Å². The summed E-state index contributed by atoms with van der Waals surface area (Å²) in [6.07, 6.45) is 0.736. The number of rotatable bonds is 6. The molecule has 2 aliphatic heterocycles. The molecule has 2 aromatic rings. The van der Waals surface area contributed by atoms with E-state index in [-0.39, 0.29) is 29.3 Å². The summed E-state index contributed by atoms with van der Waals surface area (Å²) in [7, 11) is 0. The Labute approximate surface area is 241 Å². The number of anilines is 1. The van der Waals surface area contributed by atoms with Gasteiger partial charge in [0.15, 0.2) is 0 Å². The van der Waals surface area contributed by atoms with Crippen molar-refractivity contribution in [3.8, 4) is 0 Å². The Morgan fingerprint density at radius 2 is 1.75 bits per heavy atom. The largest absolute Gasteiger partial charge is 0.368 e. The van der Waals surface area contributed by atoms with Gasteiger partial charge in [-0.15, -0.1) is 0 Å². The number of benzene rings is 2. The Kier molecular flexibility index (Phi) is 9.10. The number of nitrogens with one attached hydrogen (secondary N) is 1. The fourth-order valence-electron chi connectivity index (χ4n) is 6.01.